The zero-order chi connectivity index (χ0) is 28.2. The van der Waals surface area contributed by atoms with E-state index in [4.69, 9.17) is 14.2 Å². The molecule has 2 heterocycles. The van der Waals surface area contributed by atoms with Crippen LogP contribution in [0.3, 0.4) is 0 Å². The van der Waals surface area contributed by atoms with Gasteiger partial charge in [0, 0.05) is 12.8 Å². The maximum atomic E-state index is 13.7. The number of hydrogen-bond acceptors (Lipinski definition) is 7. The molecule has 2 aliphatic rings. The van der Waals surface area contributed by atoms with Crippen LogP contribution >= 0.6 is 0 Å². The molecule has 0 bridgehead atoms. The first-order chi connectivity index (χ1) is 19.3. The molecule has 2 aliphatic heterocycles. The molecule has 3 aromatic carbocycles. The zero-order valence-corrected chi connectivity index (χ0v) is 22.1. The molecule has 0 aliphatic carbocycles. The Balaban J connectivity index is 1.34. The number of carbonyl (C=O) groups is 4. The van der Waals surface area contributed by atoms with Crippen LogP contribution in [0.2, 0.25) is 0 Å². The Bertz CT molecular complexity index is 1330. The van der Waals surface area contributed by atoms with Crippen LogP contribution in [-0.2, 0) is 28.7 Å². The summed E-state index contributed by atoms with van der Waals surface area (Å²) in [6.45, 7) is 2.71. The largest absolute Gasteiger partial charge is 0.484 e. The van der Waals surface area contributed by atoms with Crippen molar-refractivity contribution in [3.63, 3.8) is 0 Å². The second kappa shape index (κ2) is 11.6. The van der Waals surface area contributed by atoms with Gasteiger partial charge in [0.25, 0.3) is 5.91 Å². The van der Waals surface area contributed by atoms with Crippen molar-refractivity contribution in [2.45, 2.75) is 44.2 Å². The number of hydrogen-bond donors (Lipinski definition) is 1. The van der Waals surface area contributed by atoms with Gasteiger partial charge >= 0.3 is 11.9 Å². The number of esters is 2. The number of benzene rings is 3. The summed E-state index contributed by atoms with van der Waals surface area (Å²) < 4.78 is 17.1. The molecule has 5 atom stereocenters. The molecule has 40 heavy (non-hydrogen) atoms. The zero-order valence-electron chi connectivity index (χ0n) is 22.1. The summed E-state index contributed by atoms with van der Waals surface area (Å²) in [5.74, 6) is -2.17. The van der Waals surface area contributed by atoms with Gasteiger partial charge < -0.3 is 24.4 Å². The number of rotatable bonds is 9. The maximum Gasteiger partial charge on any atom is 0.330 e. The number of carbonyl (C=O) groups excluding carboxylic acids is 4. The van der Waals surface area contributed by atoms with E-state index in [1.54, 1.807) is 31.2 Å². The third-order valence-electron chi connectivity index (χ3n) is 7.25. The smallest absolute Gasteiger partial charge is 0.330 e. The van der Waals surface area contributed by atoms with Crippen molar-refractivity contribution in [1.29, 1.82) is 0 Å². The molecule has 5 rings (SSSR count). The Hall–Kier alpha value is -4.66. The number of ether oxygens (including phenoxy) is 3. The van der Waals surface area contributed by atoms with Gasteiger partial charge in [0.1, 0.15) is 23.9 Å². The Morgan fingerprint density at radius 2 is 1.43 bits per heavy atom. The lowest BCUT2D eigenvalue weighted by Crippen LogP contribution is -2.73. The topological polar surface area (TPSA) is 111 Å². The predicted octanol–water partition coefficient (Wildman–Crippen LogP) is 3.04. The SMILES string of the molecule is CC(=O)OC1C(C)C(C(=O)OC(c2ccccc2)c2ccccc2)N2C(=O)C(NC(=O)COc3ccccc3)[C@@H]12. The van der Waals surface area contributed by atoms with Gasteiger partial charge in [0.05, 0.1) is 6.04 Å². The van der Waals surface area contributed by atoms with E-state index in [-0.39, 0.29) is 6.61 Å². The molecule has 0 aromatic heterocycles. The summed E-state index contributed by atoms with van der Waals surface area (Å²) in [7, 11) is 0. The molecule has 0 saturated carbocycles. The third-order valence-corrected chi connectivity index (χ3v) is 7.25. The maximum absolute atomic E-state index is 13.7. The fourth-order valence-electron chi connectivity index (χ4n) is 5.44. The molecule has 2 fully saturated rings. The molecular weight excluding hydrogens is 512 g/mol. The van der Waals surface area contributed by atoms with Crippen LogP contribution < -0.4 is 10.1 Å². The normalized spacial score (nSPS) is 23.1. The van der Waals surface area contributed by atoms with Crippen LogP contribution in [0.5, 0.6) is 5.75 Å². The summed E-state index contributed by atoms with van der Waals surface area (Å²) in [5, 5.41) is 2.69. The molecular formula is C31H30N2O7. The first-order valence-electron chi connectivity index (χ1n) is 13.1. The molecule has 3 aromatic rings. The van der Waals surface area contributed by atoms with Crippen LogP contribution in [0.1, 0.15) is 31.1 Å². The summed E-state index contributed by atoms with van der Waals surface area (Å²) in [4.78, 5) is 53.0. The van der Waals surface area contributed by atoms with Crippen LogP contribution in [-0.4, -0.2) is 59.5 Å². The van der Waals surface area contributed by atoms with E-state index < -0.39 is 60.0 Å². The number of β-lactam (4-membered cyclic amide) rings is 1. The first-order valence-corrected chi connectivity index (χ1v) is 13.1. The van der Waals surface area contributed by atoms with Gasteiger partial charge in [0.2, 0.25) is 5.91 Å². The third kappa shape index (κ3) is 5.40. The van der Waals surface area contributed by atoms with Crippen LogP contribution in [0, 0.1) is 5.92 Å². The Kier molecular flexibility index (Phi) is 7.82. The van der Waals surface area contributed by atoms with Gasteiger partial charge in [0.15, 0.2) is 12.7 Å². The first kappa shape index (κ1) is 26.9. The van der Waals surface area contributed by atoms with Gasteiger partial charge in [-0.3, -0.25) is 14.4 Å². The van der Waals surface area contributed by atoms with Crippen molar-refractivity contribution in [2.24, 2.45) is 5.92 Å². The van der Waals surface area contributed by atoms with Gasteiger partial charge in [-0.15, -0.1) is 0 Å². The number of para-hydroxylation sites is 1. The lowest BCUT2D eigenvalue weighted by molar-refractivity contribution is -0.169. The van der Waals surface area contributed by atoms with Crippen LogP contribution in [0.15, 0.2) is 91.0 Å². The second-order valence-corrected chi connectivity index (χ2v) is 9.90. The van der Waals surface area contributed by atoms with Gasteiger partial charge in [-0.05, 0) is 23.3 Å². The fourth-order valence-corrected chi connectivity index (χ4v) is 5.44. The van der Waals surface area contributed by atoms with Gasteiger partial charge in [-0.25, -0.2) is 4.79 Å². The summed E-state index contributed by atoms with van der Waals surface area (Å²) in [6, 6.07) is 24.8. The number of nitrogens with zero attached hydrogens (tertiary/aromatic N) is 1. The van der Waals surface area contributed by atoms with Gasteiger partial charge in [-0.1, -0.05) is 85.8 Å². The average molecular weight is 543 g/mol. The quantitative estimate of drug-likeness (QED) is 0.327. The van der Waals surface area contributed by atoms with E-state index in [9.17, 15) is 19.2 Å². The molecule has 206 valence electrons. The minimum Gasteiger partial charge on any atom is -0.484 e. The van der Waals surface area contributed by atoms with E-state index in [0.29, 0.717) is 5.75 Å². The fraction of sp³-hybridized carbons (Fsp3) is 0.290. The van der Waals surface area contributed by atoms with Crippen molar-refractivity contribution in [3.8, 4) is 5.75 Å². The molecule has 9 nitrogen and oxygen atoms in total. The Morgan fingerprint density at radius 1 is 0.875 bits per heavy atom. The highest BCUT2D eigenvalue weighted by atomic mass is 16.6. The van der Waals surface area contributed by atoms with E-state index in [1.807, 2.05) is 66.7 Å². The molecule has 2 saturated heterocycles. The van der Waals surface area contributed by atoms with Crippen LogP contribution in [0.4, 0.5) is 0 Å². The number of amides is 2. The van der Waals surface area contributed by atoms with E-state index in [2.05, 4.69) is 5.32 Å². The van der Waals surface area contributed by atoms with Crippen molar-refractivity contribution >= 4 is 23.8 Å². The van der Waals surface area contributed by atoms with Crippen LogP contribution in [0.25, 0.3) is 0 Å². The molecule has 1 N–H and O–H groups in total. The lowest BCUT2D eigenvalue weighted by atomic mass is 9.91. The monoisotopic (exact) mass is 542 g/mol. The second-order valence-electron chi connectivity index (χ2n) is 9.90. The summed E-state index contributed by atoms with van der Waals surface area (Å²) in [5.41, 5.74) is 1.55. The summed E-state index contributed by atoms with van der Waals surface area (Å²) in [6.07, 6.45) is -1.50. The lowest BCUT2D eigenvalue weighted by Gasteiger charge is -2.45. The molecule has 4 unspecified atom stereocenters. The van der Waals surface area contributed by atoms with Crippen molar-refractivity contribution in [3.05, 3.63) is 102 Å². The van der Waals surface area contributed by atoms with Gasteiger partial charge in [-0.2, -0.15) is 0 Å². The number of fused-ring (bicyclic) bond motifs is 1. The van der Waals surface area contributed by atoms with Crippen molar-refractivity contribution in [1.82, 2.24) is 10.2 Å². The van der Waals surface area contributed by atoms with E-state index in [0.717, 1.165) is 11.1 Å². The standard InChI is InChI=1S/C31H30N2O7/c1-19-26(31(37)40-29(21-12-6-3-7-13-21)22-14-8-4-9-15-22)33-27(28(19)39-20(2)34)25(30(33)36)32-24(35)18-38-23-16-10-5-11-17-23/h3-17,19,25-29H,18H2,1-2H3,(H,32,35)/t19?,25?,26?,27-,28?/m0/s1. The summed E-state index contributed by atoms with van der Waals surface area (Å²) >= 11 is 0. The molecule has 9 heteroatoms. The highest BCUT2D eigenvalue weighted by molar-refractivity contribution is 5.98. The highest BCUT2D eigenvalue weighted by Crippen LogP contribution is 2.42. The Morgan fingerprint density at radius 3 is 1.98 bits per heavy atom. The predicted molar refractivity (Wildman–Crippen MR) is 144 cm³/mol. The number of nitrogens with one attached hydrogen (secondary N) is 1. The highest BCUT2D eigenvalue weighted by Gasteiger charge is 2.66. The van der Waals surface area contributed by atoms with Crippen molar-refractivity contribution in [2.75, 3.05) is 6.61 Å². The van der Waals surface area contributed by atoms with E-state index in [1.165, 1.54) is 11.8 Å². The Labute approximate surface area is 232 Å². The molecule has 0 radical (unpaired) electrons. The average Bonchev–Trinajstić information content (AvgIpc) is 3.22. The molecule has 2 amide bonds. The minimum atomic E-state index is -0.995. The van der Waals surface area contributed by atoms with Crippen molar-refractivity contribution < 1.29 is 33.4 Å². The minimum absolute atomic E-state index is 0.296. The molecule has 0 spiro atoms. The van der Waals surface area contributed by atoms with E-state index >= 15 is 0 Å².